The fourth-order valence-electron chi connectivity index (χ4n) is 3.24. The van der Waals surface area contributed by atoms with Crippen LogP contribution in [0.1, 0.15) is 18.4 Å². The van der Waals surface area contributed by atoms with Gasteiger partial charge in [0.1, 0.15) is 11.5 Å². The highest BCUT2D eigenvalue weighted by Gasteiger charge is 2.30. The van der Waals surface area contributed by atoms with Crippen LogP contribution in [0.5, 0.6) is 5.75 Å². The van der Waals surface area contributed by atoms with Crippen LogP contribution in [0, 0.1) is 28.8 Å². The molecule has 0 saturated carbocycles. The number of nitrogens with zero attached hydrogens (tertiary/aromatic N) is 3. The van der Waals surface area contributed by atoms with E-state index in [-0.39, 0.29) is 23.3 Å². The third kappa shape index (κ3) is 4.19. The topological polar surface area (TPSA) is 97.6 Å². The highest BCUT2D eigenvalue weighted by molar-refractivity contribution is 5.91. The van der Waals surface area contributed by atoms with E-state index < -0.39 is 10.7 Å². The van der Waals surface area contributed by atoms with Crippen LogP contribution < -0.4 is 15.0 Å². The predicted molar refractivity (Wildman–Crippen MR) is 102 cm³/mol. The number of piperidine rings is 1. The number of carbonyl (C=O) groups excluding carboxylic acids is 1. The van der Waals surface area contributed by atoms with Crippen LogP contribution in [0.4, 0.5) is 21.6 Å². The zero-order chi connectivity index (χ0) is 20.3. The highest BCUT2D eigenvalue weighted by Crippen LogP contribution is 2.36. The maximum atomic E-state index is 13.9. The number of anilines is 2. The standard InChI is InChI=1S/C19H21FN4O4/c1-12-3-4-18(21-11-12)22-19(25)13-5-7-23(8-6-13)15-10-17(28-2)14(20)9-16(15)24(26)27/h3-4,9-11,13H,5-8H2,1-2H3,(H,21,22,25). The Bertz CT molecular complexity index is 880. The van der Waals surface area contributed by atoms with Crippen LogP contribution in [0.2, 0.25) is 0 Å². The number of methoxy groups -OCH3 is 1. The number of benzene rings is 1. The molecule has 0 bridgehead atoms. The van der Waals surface area contributed by atoms with Crippen molar-refractivity contribution in [3.05, 3.63) is 52.0 Å². The third-order valence-corrected chi connectivity index (χ3v) is 4.81. The van der Waals surface area contributed by atoms with E-state index in [4.69, 9.17) is 4.74 Å². The zero-order valence-electron chi connectivity index (χ0n) is 15.6. The maximum Gasteiger partial charge on any atom is 0.295 e. The van der Waals surface area contributed by atoms with Crippen LogP contribution in [0.25, 0.3) is 0 Å². The minimum absolute atomic E-state index is 0.0501. The molecule has 2 heterocycles. The molecule has 1 N–H and O–H groups in total. The van der Waals surface area contributed by atoms with Crippen molar-refractivity contribution < 1.29 is 18.8 Å². The van der Waals surface area contributed by atoms with Crippen LogP contribution in [0.15, 0.2) is 30.5 Å². The summed E-state index contributed by atoms with van der Waals surface area (Å²) in [5, 5.41) is 14.1. The number of rotatable bonds is 5. The Hall–Kier alpha value is -3.23. The molecule has 1 amide bonds. The van der Waals surface area contributed by atoms with Gasteiger partial charge in [0.2, 0.25) is 5.91 Å². The number of carbonyl (C=O) groups is 1. The lowest BCUT2D eigenvalue weighted by Crippen LogP contribution is -2.38. The van der Waals surface area contributed by atoms with E-state index in [1.165, 1.54) is 13.2 Å². The van der Waals surface area contributed by atoms with Gasteiger partial charge < -0.3 is 15.0 Å². The normalized spacial score (nSPS) is 14.6. The van der Waals surface area contributed by atoms with Crippen molar-refractivity contribution in [1.82, 2.24) is 4.98 Å². The summed E-state index contributed by atoms with van der Waals surface area (Å²) in [5.74, 6) is -0.677. The van der Waals surface area contributed by atoms with Gasteiger partial charge >= 0.3 is 0 Å². The summed E-state index contributed by atoms with van der Waals surface area (Å²) in [4.78, 5) is 29.1. The van der Waals surface area contributed by atoms with E-state index in [1.54, 1.807) is 17.2 Å². The second kappa shape index (κ2) is 8.20. The summed E-state index contributed by atoms with van der Waals surface area (Å²) < 4.78 is 18.8. The maximum absolute atomic E-state index is 13.9. The Morgan fingerprint density at radius 2 is 2.07 bits per heavy atom. The number of nitrogens with one attached hydrogen (secondary N) is 1. The summed E-state index contributed by atoms with van der Waals surface area (Å²) in [6.45, 7) is 2.79. The van der Waals surface area contributed by atoms with Crippen molar-refractivity contribution in [2.45, 2.75) is 19.8 Å². The predicted octanol–water partition coefficient (Wildman–Crippen LogP) is 3.30. The second-order valence-corrected chi connectivity index (χ2v) is 6.70. The fourth-order valence-corrected chi connectivity index (χ4v) is 3.24. The molecule has 148 valence electrons. The van der Waals surface area contributed by atoms with E-state index >= 15 is 0 Å². The monoisotopic (exact) mass is 388 g/mol. The number of nitro groups is 1. The molecule has 1 aromatic heterocycles. The number of hydrogen-bond donors (Lipinski definition) is 1. The fraction of sp³-hybridized carbons (Fsp3) is 0.368. The van der Waals surface area contributed by atoms with Gasteiger partial charge in [-0.1, -0.05) is 6.07 Å². The molecule has 1 saturated heterocycles. The van der Waals surface area contributed by atoms with Crippen LogP contribution in [-0.4, -0.2) is 36.0 Å². The molecule has 9 heteroatoms. The van der Waals surface area contributed by atoms with Crippen molar-refractivity contribution in [3.63, 3.8) is 0 Å². The summed E-state index contributed by atoms with van der Waals surface area (Å²) in [6.07, 6.45) is 2.72. The lowest BCUT2D eigenvalue weighted by atomic mass is 9.95. The molecule has 8 nitrogen and oxygen atoms in total. The Kier molecular flexibility index (Phi) is 5.72. The first-order chi connectivity index (χ1) is 13.4. The van der Waals surface area contributed by atoms with Crippen LogP contribution >= 0.6 is 0 Å². The molecule has 1 fully saturated rings. The van der Waals surface area contributed by atoms with Crippen molar-refractivity contribution in [2.75, 3.05) is 30.4 Å². The van der Waals surface area contributed by atoms with Crippen molar-refractivity contribution in [3.8, 4) is 5.75 Å². The SMILES string of the molecule is COc1cc(N2CCC(C(=O)Nc3ccc(C)cn3)CC2)c([N+](=O)[O-])cc1F. The second-order valence-electron chi connectivity index (χ2n) is 6.70. The number of nitro benzene ring substituents is 1. The van der Waals surface area contributed by atoms with Gasteiger partial charge in [0.15, 0.2) is 11.6 Å². The van der Waals surface area contributed by atoms with Crippen LogP contribution in [-0.2, 0) is 4.79 Å². The first-order valence-electron chi connectivity index (χ1n) is 8.89. The summed E-state index contributed by atoms with van der Waals surface area (Å²) >= 11 is 0. The molecule has 1 aliphatic heterocycles. The van der Waals surface area contributed by atoms with Gasteiger partial charge in [-0.05, 0) is 31.4 Å². The number of pyridine rings is 1. The third-order valence-electron chi connectivity index (χ3n) is 4.81. The lowest BCUT2D eigenvalue weighted by Gasteiger charge is -2.32. The Labute approximate surface area is 161 Å². The van der Waals surface area contributed by atoms with Gasteiger partial charge in [-0.15, -0.1) is 0 Å². The molecule has 0 spiro atoms. The largest absolute Gasteiger partial charge is 0.494 e. The molecule has 0 atom stereocenters. The number of hydrogen-bond acceptors (Lipinski definition) is 6. The van der Waals surface area contributed by atoms with Crippen molar-refractivity contribution >= 4 is 23.1 Å². The lowest BCUT2D eigenvalue weighted by molar-refractivity contribution is -0.384. The molecular weight excluding hydrogens is 367 g/mol. The van der Waals surface area contributed by atoms with Gasteiger partial charge in [0.25, 0.3) is 5.69 Å². The number of ether oxygens (including phenoxy) is 1. The van der Waals surface area contributed by atoms with E-state index in [0.29, 0.717) is 37.4 Å². The van der Waals surface area contributed by atoms with Crippen molar-refractivity contribution in [1.29, 1.82) is 0 Å². The molecule has 0 aliphatic carbocycles. The quantitative estimate of drug-likeness (QED) is 0.623. The first-order valence-corrected chi connectivity index (χ1v) is 8.89. The number of aryl methyl sites for hydroxylation is 1. The summed E-state index contributed by atoms with van der Waals surface area (Å²) in [7, 11) is 1.31. The average Bonchev–Trinajstić information content (AvgIpc) is 2.69. The van der Waals surface area contributed by atoms with E-state index in [9.17, 15) is 19.3 Å². The molecule has 1 aromatic carbocycles. The highest BCUT2D eigenvalue weighted by atomic mass is 19.1. The summed E-state index contributed by atoms with van der Waals surface area (Å²) in [5.41, 5.74) is 0.981. The first kappa shape index (κ1) is 19.5. The van der Waals surface area contributed by atoms with Gasteiger partial charge in [-0.25, -0.2) is 9.37 Å². The Balaban J connectivity index is 1.69. The average molecular weight is 388 g/mol. The smallest absolute Gasteiger partial charge is 0.295 e. The van der Waals surface area contributed by atoms with E-state index in [2.05, 4.69) is 10.3 Å². The molecule has 0 radical (unpaired) electrons. The van der Waals surface area contributed by atoms with E-state index in [0.717, 1.165) is 11.6 Å². The molecule has 28 heavy (non-hydrogen) atoms. The Morgan fingerprint density at radius 1 is 1.36 bits per heavy atom. The number of aromatic nitrogens is 1. The van der Waals surface area contributed by atoms with Gasteiger partial charge in [0, 0.05) is 31.3 Å². The zero-order valence-corrected chi connectivity index (χ0v) is 15.6. The Morgan fingerprint density at radius 3 is 2.64 bits per heavy atom. The van der Waals surface area contributed by atoms with Gasteiger partial charge in [-0.3, -0.25) is 14.9 Å². The molecule has 2 aromatic rings. The number of amides is 1. The molecule has 3 rings (SSSR count). The molecular formula is C19H21FN4O4. The van der Waals surface area contributed by atoms with Crippen molar-refractivity contribution in [2.24, 2.45) is 5.92 Å². The molecule has 0 unspecified atom stereocenters. The van der Waals surface area contributed by atoms with Crippen LogP contribution in [0.3, 0.4) is 0 Å². The number of halogens is 1. The summed E-state index contributed by atoms with van der Waals surface area (Å²) in [6, 6.07) is 5.82. The minimum atomic E-state index is -0.780. The van der Waals surface area contributed by atoms with Gasteiger partial charge in [-0.2, -0.15) is 0 Å². The van der Waals surface area contributed by atoms with E-state index in [1.807, 2.05) is 13.0 Å². The minimum Gasteiger partial charge on any atom is -0.494 e. The molecule has 1 aliphatic rings. The van der Waals surface area contributed by atoms with Gasteiger partial charge in [0.05, 0.1) is 18.1 Å².